The van der Waals surface area contributed by atoms with E-state index < -0.39 is 32.9 Å². The van der Waals surface area contributed by atoms with Crippen molar-refractivity contribution in [3.05, 3.63) is 63.6 Å². The number of aryl methyl sites for hydroxylation is 2. The molecule has 0 aliphatic carbocycles. The highest BCUT2D eigenvalue weighted by Gasteiger charge is 2.34. The Morgan fingerprint density at radius 1 is 1.18 bits per heavy atom. The summed E-state index contributed by atoms with van der Waals surface area (Å²) >= 11 is 0. The molecule has 0 atom stereocenters. The van der Waals surface area contributed by atoms with Crippen LogP contribution in [0.5, 0.6) is 5.75 Å². The summed E-state index contributed by atoms with van der Waals surface area (Å²) in [5.74, 6) is 0.272. The zero-order valence-corrected chi connectivity index (χ0v) is 21.9. The number of fused-ring (bicyclic) bond motifs is 1. The number of halogens is 3. The lowest BCUT2D eigenvalue weighted by Crippen LogP contribution is -2.16. The highest BCUT2D eigenvalue weighted by Crippen LogP contribution is 2.35. The fourth-order valence-corrected chi connectivity index (χ4v) is 5.15. The molecule has 39 heavy (non-hydrogen) atoms. The molecule has 4 rings (SSSR count). The number of rotatable bonds is 8. The van der Waals surface area contributed by atoms with Gasteiger partial charge in [-0.05, 0) is 49.7 Å². The van der Waals surface area contributed by atoms with Gasteiger partial charge in [-0.15, -0.1) is 0 Å². The Hall–Kier alpha value is -4.38. The number of H-pyrrole nitrogens is 1. The van der Waals surface area contributed by atoms with Crippen LogP contribution < -0.4 is 15.0 Å². The number of nitrogens with zero attached hydrogens (tertiary/aromatic N) is 4. The first-order valence-electron chi connectivity index (χ1n) is 11.8. The second-order valence-corrected chi connectivity index (χ2v) is 10.2. The van der Waals surface area contributed by atoms with Gasteiger partial charge in [-0.3, -0.25) is 14.2 Å². The fraction of sp³-hybridized carbons (Fsp3) is 0.280. The molecular weight excluding hydrogens is 537 g/mol. The normalized spacial score (nSPS) is 11.9. The molecule has 2 N–H and O–H groups in total. The summed E-state index contributed by atoms with van der Waals surface area (Å²) in [4.78, 5) is 19.8. The van der Waals surface area contributed by atoms with Crippen molar-refractivity contribution in [2.45, 2.75) is 37.8 Å². The van der Waals surface area contributed by atoms with Crippen LogP contribution in [0.3, 0.4) is 0 Å². The van der Waals surface area contributed by atoms with Crippen LogP contribution in [0.4, 0.5) is 18.9 Å². The number of alkyl halides is 3. The maximum atomic E-state index is 13.4. The van der Waals surface area contributed by atoms with E-state index >= 15 is 0 Å². The number of nitrogens with one attached hydrogen (secondary N) is 2. The summed E-state index contributed by atoms with van der Waals surface area (Å²) in [7, 11) is -2.79. The maximum Gasteiger partial charge on any atom is 0.417 e. The first-order valence-corrected chi connectivity index (χ1v) is 13.2. The van der Waals surface area contributed by atoms with Crippen LogP contribution in [0.2, 0.25) is 0 Å². The molecule has 0 radical (unpaired) electrons. The molecular formula is C25H23F3N6O4S. The predicted molar refractivity (Wildman–Crippen MR) is 137 cm³/mol. The minimum atomic E-state index is -4.86. The van der Waals surface area contributed by atoms with Crippen molar-refractivity contribution < 1.29 is 26.3 Å². The van der Waals surface area contributed by atoms with Crippen LogP contribution in [0.25, 0.3) is 22.4 Å². The largest absolute Gasteiger partial charge is 0.493 e. The van der Waals surface area contributed by atoms with Crippen LogP contribution in [0.15, 0.2) is 46.1 Å². The van der Waals surface area contributed by atoms with Crippen molar-refractivity contribution in [1.82, 2.24) is 19.7 Å². The molecule has 14 heteroatoms. The average Bonchev–Trinajstić information content (AvgIpc) is 3.19. The van der Waals surface area contributed by atoms with E-state index in [9.17, 15) is 26.4 Å². The van der Waals surface area contributed by atoms with E-state index in [1.54, 1.807) is 14.0 Å². The molecule has 0 bridgehead atoms. The third-order valence-corrected chi connectivity index (χ3v) is 7.14. The second-order valence-electron chi connectivity index (χ2n) is 8.50. The summed E-state index contributed by atoms with van der Waals surface area (Å²) < 4.78 is 75.7. The van der Waals surface area contributed by atoms with Crippen LogP contribution in [0.1, 0.15) is 37.1 Å². The topological polar surface area (TPSA) is 143 Å². The molecule has 0 aliphatic rings. The van der Waals surface area contributed by atoms with Crippen molar-refractivity contribution in [1.29, 1.82) is 5.26 Å². The van der Waals surface area contributed by atoms with Gasteiger partial charge < -0.3 is 9.72 Å². The fourth-order valence-electron chi connectivity index (χ4n) is 4.08. The van der Waals surface area contributed by atoms with Gasteiger partial charge in [-0.2, -0.15) is 23.5 Å². The van der Waals surface area contributed by atoms with E-state index in [0.29, 0.717) is 23.7 Å². The van der Waals surface area contributed by atoms with E-state index in [-0.39, 0.29) is 39.8 Å². The summed E-state index contributed by atoms with van der Waals surface area (Å²) in [5.41, 5.74) is -1.41. The van der Waals surface area contributed by atoms with Crippen LogP contribution in [-0.2, 0) is 29.7 Å². The Morgan fingerprint density at radius 3 is 2.56 bits per heavy atom. The summed E-state index contributed by atoms with van der Waals surface area (Å²) in [6, 6.07) is 7.74. The molecule has 0 saturated carbocycles. The first-order chi connectivity index (χ1) is 18.4. The monoisotopic (exact) mass is 560 g/mol. The van der Waals surface area contributed by atoms with Crippen molar-refractivity contribution >= 4 is 26.7 Å². The lowest BCUT2D eigenvalue weighted by Gasteiger charge is -2.15. The first kappa shape index (κ1) is 27.6. The zero-order chi connectivity index (χ0) is 28.5. The van der Waals surface area contributed by atoms with Gasteiger partial charge in [0.05, 0.1) is 40.0 Å². The molecule has 0 unspecified atom stereocenters. The van der Waals surface area contributed by atoms with Crippen molar-refractivity contribution in [3.8, 4) is 23.2 Å². The van der Waals surface area contributed by atoms with Crippen molar-refractivity contribution in [3.63, 3.8) is 0 Å². The van der Waals surface area contributed by atoms with Gasteiger partial charge in [0.15, 0.2) is 5.52 Å². The zero-order valence-electron chi connectivity index (χ0n) is 21.0. The summed E-state index contributed by atoms with van der Waals surface area (Å²) in [5, 5.41) is 13.4. The minimum absolute atomic E-state index is 0.0380. The smallest absolute Gasteiger partial charge is 0.417 e. The Balaban J connectivity index is 1.83. The number of ether oxygens (including phenoxy) is 1. The molecule has 2 aromatic carbocycles. The number of hydrogen-bond donors (Lipinski definition) is 2. The summed E-state index contributed by atoms with van der Waals surface area (Å²) in [6.45, 7) is 3.90. The van der Waals surface area contributed by atoms with Gasteiger partial charge in [0, 0.05) is 12.7 Å². The van der Waals surface area contributed by atoms with Gasteiger partial charge >= 0.3 is 6.18 Å². The van der Waals surface area contributed by atoms with Gasteiger partial charge in [-0.1, -0.05) is 13.3 Å². The summed E-state index contributed by atoms with van der Waals surface area (Å²) in [6.07, 6.45) is -3.54. The van der Waals surface area contributed by atoms with E-state index in [0.717, 1.165) is 18.6 Å². The van der Waals surface area contributed by atoms with Crippen molar-refractivity contribution in [2.75, 3.05) is 11.3 Å². The highest BCUT2D eigenvalue weighted by atomic mass is 32.2. The van der Waals surface area contributed by atoms with Gasteiger partial charge in [0.25, 0.3) is 15.6 Å². The average molecular weight is 561 g/mol. The van der Waals surface area contributed by atoms with Crippen molar-refractivity contribution in [2.24, 2.45) is 7.05 Å². The lowest BCUT2D eigenvalue weighted by atomic mass is 10.1. The number of benzene rings is 2. The molecule has 2 heterocycles. The van der Waals surface area contributed by atoms with Crippen LogP contribution >= 0.6 is 0 Å². The molecule has 0 aliphatic heterocycles. The van der Waals surface area contributed by atoms with E-state index in [4.69, 9.17) is 10.00 Å². The Morgan fingerprint density at radius 2 is 1.92 bits per heavy atom. The molecule has 0 spiro atoms. The number of nitriles is 1. The molecule has 0 amide bonds. The molecule has 4 aromatic rings. The lowest BCUT2D eigenvalue weighted by molar-refractivity contribution is -0.137. The standard InChI is InChI=1S/C25H23F3N6O4S/c1-4-6-19-21-22(34(3)32-19)24(35)31-23(30-21)17-12-16(9-10-20(17)38-5-2)39(36,37)33-15-8-7-14(13-29)18(11-15)25(26,27)28/h7-12,33H,4-6H2,1-3H3,(H,30,31,35). The number of aromatic nitrogens is 4. The minimum Gasteiger partial charge on any atom is -0.493 e. The second kappa shape index (κ2) is 10.4. The number of sulfonamides is 1. The Kier molecular flexibility index (Phi) is 7.38. The Labute approximate surface area is 221 Å². The molecule has 10 nitrogen and oxygen atoms in total. The van der Waals surface area contributed by atoms with Crippen LogP contribution in [0, 0.1) is 11.3 Å². The molecule has 2 aromatic heterocycles. The van der Waals surface area contributed by atoms with Crippen LogP contribution in [-0.4, -0.2) is 34.8 Å². The number of aromatic amines is 1. The third kappa shape index (κ3) is 5.44. The molecule has 0 saturated heterocycles. The van der Waals surface area contributed by atoms with Gasteiger partial charge in [-0.25, -0.2) is 13.4 Å². The third-order valence-electron chi connectivity index (χ3n) is 5.76. The SMILES string of the molecule is CCCc1nn(C)c2c(=O)[nH]c(-c3cc(S(=O)(=O)Nc4ccc(C#N)c(C(F)(F)F)c4)ccc3OCC)nc12. The number of hydrogen-bond acceptors (Lipinski definition) is 7. The maximum absolute atomic E-state index is 13.4. The quantitative estimate of drug-likeness (QED) is 0.326. The molecule has 204 valence electrons. The van der Waals surface area contributed by atoms with Gasteiger partial charge in [0.2, 0.25) is 0 Å². The van der Waals surface area contributed by atoms with E-state index in [1.807, 2.05) is 6.92 Å². The predicted octanol–water partition coefficient (Wildman–Crippen LogP) is 4.37. The van der Waals surface area contributed by atoms with E-state index in [1.165, 1.54) is 29.0 Å². The van der Waals surface area contributed by atoms with E-state index in [2.05, 4.69) is 19.8 Å². The highest BCUT2D eigenvalue weighted by molar-refractivity contribution is 7.92. The molecule has 0 fully saturated rings. The Bertz CT molecular complexity index is 1770. The van der Waals surface area contributed by atoms with Gasteiger partial charge in [0.1, 0.15) is 17.1 Å². The number of anilines is 1.